The molecule has 23 heavy (non-hydrogen) atoms. The second kappa shape index (κ2) is 7.23. The summed E-state index contributed by atoms with van der Waals surface area (Å²) < 4.78 is 6.94. The molecule has 3 heterocycles. The van der Waals surface area contributed by atoms with Crippen LogP contribution in [0.25, 0.3) is 5.78 Å². The molecular formula is C16H26N6O. The number of anilines is 1. The minimum Gasteiger partial charge on any atom is -0.378 e. The first-order valence-corrected chi connectivity index (χ1v) is 8.34. The van der Waals surface area contributed by atoms with E-state index in [0.29, 0.717) is 24.3 Å². The standard InChI is InChI=1S/C16H26N6O/c1-12(2)9-21-6-4-5-14(21)8-17-15-7-13(10-23-3)20-16-18-11-19-22(15)16/h7,11-12,14,17H,4-6,8-10H2,1-3H3/t14-/m1/s1. The summed E-state index contributed by atoms with van der Waals surface area (Å²) in [4.78, 5) is 11.2. The van der Waals surface area contributed by atoms with Gasteiger partial charge in [-0.05, 0) is 25.3 Å². The molecule has 0 amide bonds. The highest BCUT2D eigenvalue weighted by Crippen LogP contribution is 2.20. The van der Waals surface area contributed by atoms with Gasteiger partial charge in [0.15, 0.2) is 0 Å². The predicted molar refractivity (Wildman–Crippen MR) is 89.4 cm³/mol. The summed E-state index contributed by atoms with van der Waals surface area (Å²) in [6.45, 7) is 8.31. The lowest BCUT2D eigenvalue weighted by Crippen LogP contribution is -2.37. The molecule has 1 saturated heterocycles. The Morgan fingerprint density at radius 2 is 2.30 bits per heavy atom. The molecule has 126 valence electrons. The Bertz CT molecular complexity index is 641. The Morgan fingerprint density at radius 1 is 1.43 bits per heavy atom. The second-order valence-corrected chi connectivity index (χ2v) is 6.60. The third-order valence-electron chi connectivity index (χ3n) is 4.21. The number of nitrogens with one attached hydrogen (secondary N) is 1. The van der Waals surface area contributed by atoms with Crippen LogP contribution >= 0.6 is 0 Å². The Balaban J connectivity index is 1.72. The normalized spacial score (nSPS) is 19.0. The van der Waals surface area contributed by atoms with Crippen LogP contribution in [0.3, 0.4) is 0 Å². The molecule has 3 rings (SSSR count). The molecule has 1 aliphatic heterocycles. The number of likely N-dealkylation sites (tertiary alicyclic amines) is 1. The molecule has 1 N–H and O–H groups in total. The van der Waals surface area contributed by atoms with Crippen molar-refractivity contribution in [3.05, 3.63) is 18.1 Å². The summed E-state index contributed by atoms with van der Waals surface area (Å²) in [5.74, 6) is 2.23. The number of aromatic nitrogens is 4. The highest BCUT2D eigenvalue weighted by atomic mass is 16.5. The zero-order valence-corrected chi connectivity index (χ0v) is 14.2. The number of rotatable bonds is 7. The lowest BCUT2D eigenvalue weighted by molar-refractivity contribution is 0.181. The van der Waals surface area contributed by atoms with Crippen LogP contribution < -0.4 is 5.32 Å². The SMILES string of the molecule is COCc1cc(NC[C@H]2CCCN2CC(C)C)n2ncnc2n1. The molecular weight excluding hydrogens is 292 g/mol. The fourth-order valence-electron chi connectivity index (χ4n) is 3.27. The predicted octanol–water partition coefficient (Wildman–Crippen LogP) is 1.80. The van der Waals surface area contributed by atoms with Crippen LogP contribution in [0.4, 0.5) is 5.82 Å². The van der Waals surface area contributed by atoms with Crippen LogP contribution in [0.15, 0.2) is 12.4 Å². The van der Waals surface area contributed by atoms with Crippen LogP contribution in [0.5, 0.6) is 0 Å². The second-order valence-electron chi connectivity index (χ2n) is 6.60. The van der Waals surface area contributed by atoms with E-state index in [1.807, 2.05) is 6.07 Å². The van der Waals surface area contributed by atoms with Crippen LogP contribution in [0.1, 0.15) is 32.4 Å². The van der Waals surface area contributed by atoms with Crippen molar-refractivity contribution in [2.45, 2.75) is 39.3 Å². The van der Waals surface area contributed by atoms with Crippen molar-refractivity contribution >= 4 is 11.6 Å². The van der Waals surface area contributed by atoms with E-state index in [1.165, 1.54) is 25.7 Å². The van der Waals surface area contributed by atoms with Crippen LogP contribution in [-0.2, 0) is 11.3 Å². The molecule has 0 radical (unpaired) electrons. The van der Waals surface area contributed by atoms with Crippen molar-refractivity contribution < 1.29 is 4.74 Å². The number of ether oxygens (including phenoxy) is 1. The Morgan fingerprint density at radius 3 is 3.09 bits per heavy atom. The van der Waals surface area contributed by atoms with Crippen LogP contribution in [-0.4, -0.2) is 57.3 Å². The van der Waals surface area contributed by atoms with Crippen LogP contribution in [0.2, 0.25) is 0 Å². The van der Waals surface area contributed by atoms with Gasteiger partial charge in [0, 0.05) is 32.3 Å². The van der Waals surface area contributed by atoms with Crippen molar-refractivity contribution in [1.82, 2.24) is 24.5 Å². The minimum atomic E-state index is 0.473. The van der Waals surface area contributed by atoms with Crippen molar-refractivity contribution in [3.63, 3.8) is 0 Å². The first-order valence-electron chi connectivity index (χ1n) is 8.34. The Kier molecular flexibility index (Phi) is 5.07. The molecule has 0 aromatic carbocycles. The quantitative estimate of drug-likeness (QED) is 0.840. The van der Waals surface area contributed by atoms with Gasteiger partial charge >= 0.3 is 0 Å². The van der Waals surface area contributed by atoms with Gasteiger partial charge in [0.2, 0.25) is 0 Å². The first-order chi connectivity index (χ1) is 11.2. The number of nitrogens with zero attached hydrogens (tertiary/aromatic N) is 5. The monoisotopic (exact) mass is 318 g/mol. The highest BCUT2D eigenvalue weighted by molar-refractivity contribution is 5.45. The van der Waals surface area contributed by atoms with E-state index < -0.39 is 0 Å². The van der Waals surface area contributed by atoms with E-state index in [9.17, 15) is 0 Å². The summed E-state index contributed by atoms with van der Waals surface area (Å²) >= 11 is 0. The molecule has 7 heteroatoms. The average Bonchev–Trinajstić information content (AvgIpc) is 3.13. The van der Waals surface area contributed by atoms with Gasteiger partial charge < -0.3 is 10.1 Å². The maximum atomic E-state index is 5.19. The average molecular weight is 318 g/mol. The number of methoxy groups -OCH3 is 1. The summed E-state index contributed by atoms with van der Waals surface area (Å²) in [5.41, 5.74) is 0.862. The Labute approximate surface area is 137 Å². The van der Waals surface area contributed by atoms with Gasteiger partial charge in [-0.25, -0.2) is 4.98 Å². The highest BCUT2D eigenvalue weighted by Gasteiger charge is 2.24. The third-order valence-corrected chi connectivity index (χ3v) is 4.21. The maximum absolute atomic E-state index is 5.19. The zero-order chi connectivity index (χ0) is 16.2. The minimum absolute atomic E-state index is 0.473. The number of fused-ring (bicyclic) bond motifs is 1. The van der Waals surface area contributed by atoms with E-state index in [1.54, 1.807) is 11.6 Å². The first kappa shape index (κ1) is 16.1. The van der Waals surface area contributed by atoms with Gasteiger partial charge in [-0.2, -0.15) is 14.6 Å². The van der Waals surface area contributed by atoms with Crippen molar-refractivity contribution in [3.8, 4) is 0 Å². The van der Waals surface area contributed by atoms with Gasteiger partial charge in [0.05, 0.1) is 12.3 Å². The molecule has 0 unspecified atom stereocenters. The van der Waals surface area contributed by atoms with Crippen LogP contribution in [0, 0.1) is 5.92 Å². The molecule has 0 saturated carbocycles. The molecule has 1 atom stereocenters. The fourth-order valence-corrected chi connectivity index (χ4v) is 3.27. The van der Waals surface area contributed by atoms with Gasteiger partial charge in [0.1, 0.15) is 12.1 Å². The fraction of sp³-hybridized carbons (Fsp3) is 0.688. The van der Waals surface area contributed by atoms with E-state index in [2.05, 4.69) is 39.1 Å². The summed E-state index contributed by atoms with van der Waals surface area (Å²) in [6, 6.07) is 2.57. The lowest BCUT2D eigenvalue weighted by atomic mass is 10.1. The molecule has 7 nitrogen and oxygen atoms in total. The van der Waals surface area contributed by atoms with E-state index in [-0.39, 0.29) is 0 Å². The van der Waals surface area contributed by atoms with E-state index >= 15 is 0 Å². The van der Waals surface area contributed by atoms with Gasteiger partial charge in [-0.3, -0.25) is 4.90 Å². The summed E-state index contributed by atoms with van der Waals surface area (Å²) in [5, 5.41) is 7.80. The third kappa shape index (κ3) is 3.79. The van der Waals surface area contributed by atoms with Crippen molar-refractivity contribution in [1.29, 1.82) is 0 Å². The molecule has 0 aliphatic carbocycles. The molecule has 0 bridgehead atoms. The lowest BCUT2D eigenvalue weighted by Gasteiger charge is -2.26. The number of hydrogen-bond donors (Lipinski definition) is 1. The van der Waals surface area contributed by atoms with E-state index in [4.69, 9.17) is 4.74 Å². The number of hydrogen-bond acceptors (Lipinski definition) is 6. The smallest absolute Gasteiger partial charge is 0.254 e. The summed E-state index contributed by atoms with van der Waals surface area (Å²) in [7, 11) is 1.67. The van der Waals surface area contributed by atoms with Gasteiger partial charge in [0.25, 0.3) is 5.78 Å². The summed E-state index contributed by atoms with van der Waals surface area (Å²) in [6.07, 6.45) is 4.06. The van der Waals surface area contributed by atoms with Gasteiger partial charge in [-0.1, -0.05) is 13.8 Å². The van der Waals surface area contributed by atoms with Gasteiger partial charge in [-0.15, -0.1) is 0 Å². The van der Waals surface area contributed by atoms with Crippen molar-refractivity contribution in [2.75, 3.05) is 32.1 Å². The largest absolute Gasteiger partial charge is 0.378 e. The van der Waals surface area contributed by atoms with Crippen molar-refractivity contribution in [2.24, 2.45) is 5.92 Å². The molecule has 0 spiro atoms. The Hall–Kier alpha value is -1.73. The molecule has 2 aromatic heterocycles. The van der Waals surface area contributed by atoms with E-state index in [0.717, 1.165) is 24.6 Å². The molecule has 1 aliphatic rings. The topological polar surface area (TPSA) is 67.6 Å². The zero-order valence-electron chi connectivity index (χ0n) is 14.2. The molecule has 1 fully saturated rings. The molecule has 2 aromatic rings. The maximum Gasteiger partial charge on any atom is 0.254 e.